The molecule has 0 aliphatic rings. The zero-order chi connectivity index (χ0) is 15.1. The highest BCUT2D eigenvalue weighted by Crippen LogP contribution is 2.16. The Morgan fingerprint density at radius 2 is 2.19 bits per heavy atom. The Bertz CT molecular complexity index is 681. The van der Waals surface area contributed by atoms with Crippen molar-refractivity contribution in [3.8, 4) is 6.07 Å². The van der Waals surface area contributed by atoms with Crippen molar-refractivity contribution < 1.29 is 4.79 Å². The van der Waals surface area contributed by atoms with Crippen LogP contribution in [0.15, 0.2) is 41.7 Å². The maximum atomic E-state index is 11.9. The van der Waals surface area contributed by atoms with Crippen LogP contribution in [0.5, 0.6) is 0 Å². The highest BCUT2D eigenvalue weighted by Gasteiger charge is 2.07. The van der Waals surface area contributed by atoms with Crippen LogP contribution in [0.2, 0.25) is 0 Å². The number of aromatic nitrogens is 2. The minimum Gasteiger partial charge on any atom is -0.325 e. The average molecular weight is 298 g/mol. The second-order valence-electron chi connectivity index (χ2n) is 4.28. The molecule has 0 fully saturated rings. The smallest absolute Gasteiger partial charge is 0.225 e. The zero-order valence-corrected chi connectivity index (χ0v) is 12.4. The van der Waals surface area contributed by atoms with Crippen molar-refractivity contribution in [3.05, 3.63) is 47.8 Å². The van der Waals surface area contributed by atoms with E-state index in [1.54, 1.807) is 30.5 Å². The number of rotatable bonds is 5. The van der Waals surface area contributed by atoms with Crippen LogP contribution in [0.25, 0.3) is 0 Å². The molecule has 1 heterocycles. The molecule has 21 heavy (non-hydrogen) atoms. The highest BCUT2D eigenvalue weighted by molar-refractivity contribution is 7.99. The summed E-state index contributed by atoms with van der Waals surface area (Å²) < 4.78 is 0. The van der Waals surface area contributed by atoms with E-state index in [2.05, 4.69) is 15.3 Å². The molecule has 0 bridgehead atoms. The van der Waals surface area contributed by atoms with Gasteiger partial charge in [0.05, 0.1) is 11.3 Å². The number of amides is 1. The Hall–Kier alpha value is -2.39. The van der Waals surface area contributed by atoms with Crippen LogP contribution in [0.4, 0.5) is 5.69 Å². The van der Waals surface area contributed by atoms with Gasteiger partial charge in [-0.15, -0.1) is 0 Å². The maximum absolute atomic E-state index is 11.9. The molecular formula is C15H14N4OS. The Labute approximate surface area is 127 Å². The summed E-state index contributed by atoms with van der Waals surface area (Å²) in [6.45, 7) is 1.90. The summed E-state index contributed by atoms with van der Waals surface area (Å²) in [4.78, 5) is 20.2. The topological polar surface area (TPSA) is 78.7 Å². The van der Waals surface area contributed by atoms with Crippen LogP contribution in [-0.2, 0) is 4.79 Å². The fourth-order valence-corrected chi connectivity index (χ4v) is 2.45. The largest absolute Gasteiger partial charge is 0.325 e. The van der Waals surface area contributed by atoms with E-state index in [0.717, 1.165) is 5.69 Å². The van der Waals surface area contributed by atoms with Crippen molar-refractivity contribution in [2.75, 3.05) is 11.1 Å². The number of hydrogen-bond donors (Lipinski definition) is 1. The maximum Gasteiger partial charge on any atom is 0.225 e. The third-order valence-electron chi connectivity index (χ3n) is 2.65. The molecular weight excluding hydrogens is 284 g/mol. The molecule has 0 saturated carbocycles. The van der Waals surface area contributed by atoms with E-state index < -0.39 is 0 Å². The van der Waals surface area contributed by atoms with Crippen molar-refractivity contribution in [3.63, 3.8) is 0 Å². The van der Waals surface area contributed by atoms with Gasteiger partial charge in [-0.2, -0.15) is 5.26 Å². The lowest BCUT2D eigenvalue weighted by molar-refractivity contribution is -0.115. The lowest BCUT2D eigenvalue weighted by atomic mass is 10.2. The fraction of sp³-hybridized carbons (Fsp3) is 0.200. The predicted molar refractivity (Wildman–Crippen MR) is 81.9 cm³/mol. The summed E-state index contributed by atoms with van der Waals surface area (Å²) in [6, 6.07) is 10.8. The van der Waals surface area contributed by atoms with E-state index in [1.165, 1.54) is 11.8 Å². The first-order valence-electron chi connectivity index (χ1n) is 6.40. The number of carbonyl (C=O) groups excluding carboxylic acids is 1. The van der Waals surface area contributed by atoms with Crippen LogP contribution in [0, 0.1) is 18.3 Å². The molecule has 2 aromatic rings. The molecule has 5 nitrogen and oxygen atoms in total. The number of para-hydroxylation sites is 1. The summed E-state index contributed by atoms with van der Waals surface area (Å²) in [5.74, 6) is 0.460. The molecule has 0 atom stereocenters. The van der Waals surface area contributed by atoms with E-state index in [-0.39, 0.29) is 5.91 Å². The van der Waals surface area contributed by atoms with Gasteiger partial charge in [0.1, 0.15) is 6.07 Å². The van der Waals surface area contributed by atoms with Gasteiger partial charge in [0, 0.05) is 24.1 Å². The number of anilines is 1. The molecule has 1 aromatic carbocycles. The molecule has 2 rings (SSSR count). The predicted octanol–water partition coefficient (Wildman–Crippen LogP) is 2.78. The third kappa shape index (κ3) is 4.58. The normalized spacial score (nSPS) is 9.90. The van der Waals surface area contributed by atoms with Gasteiger partial charge in [-0.25, -0.2) is 9.97 Å². The van der Waals surface area contributed by atoms with Crippen LogP contribution in [-0.4, -0.2) is 21.6 Å². The Balaban J connectivity index is 1.84. The first kappa shape index (κ1) is 15.0. The summed E-state index contributed by atoms with van der Waals surface area (Å²) in [5.41, 5.74) is 1.90. The monoisotopic (exact) mass is 298 g/mol. The summed E-state index contributed by atoms with van der Waals surface area (Å²) in [7, 11) is 0. The van der Waals surface area contributed by atoms with Crippen LogP contribution in [0.1, 0.15) is 17.7 Å². The molecule has 1 N–H and O–H groups in total. The van der Waals surface area contributed by atoms with Crippen molar-refractivity contribution in [2.24, 2.45) is 0 Å². The quantitative estimate of drug-likeness (QED) is 0.678. The van der Waals surface area contributed by atoms with Gasteiger partial charge in [-0.05, 0) is 25.1 Å². The van der Waals surface area contributed by atoms with Crippen LogP contribution >= 0.6 is 11.8 Å². The summed E-state index contributed by atoms with van der Waals surface area (Å²) in [6.07, 6.45) is 2.04. The second-order valence-corrected chi connectivity index (χ2v) is 5.35. The number of nitriles is 1. The van der Waals surface area contributed by atoms with Gasteiger partial charge >= 0.3 is 0 Å². The third-order valence-corrected chi connectivity index (χ3v) is 3.52. The minimum absolute atomic E-state index is 0.127. The molecule has 1 aromatic heterocycles. The molecule has 0 spiro atoms. The number of benzene rings is 1. The number of nitrogens with zero attached hydrogens (tertiary/aromatic N) is 3. The average Bonchev–Trinajstić information content (AvgIpc) is 2.48. The molecule has 0 aliphatic carbocycles. The van der Waals surface area contributed by atoms with Crippen molar-refractivity contribution in [1.82, 2.24) is 9.97 Å². The van der Waals surface area contributed by atoms with Gasteiger partial charge in [0.15, 0.2) is 5.16 Å². The number of aryl methyl sites for hydroxylation is 1. The van der Waals surface area contributed by atoms with Crippen molar-refractivity contribution in [1.29, 1.82) is 5.26 Å². The van der Waals surface area contributed by atoms with Gasteiger partial charge < -0.3 is 5.32 Å². The second kappa shape index (κ2) is 7.41. The van der Waals surface area contributed by atoms with Crippen LogP contribution in [0.3, 0.4) is 0 Å². The molecule has 1 amide bonds. The van der Waals surface area contributed by atoms with E-state index in [1.807, 2.05) is 19.1 Å². The molecule has 0 aliphatic heterocycles. The summed E-state index contributed by atoms with van der Waals surface area (Å²) >= 11 is 1.44. The van der Waals surface area contributed by atoms with Gasteiger partial charge in [-0.1, -0.05) is 23.9 Å². The number of carbonyl (C=O) groups is 1. The van der Waals surface area contributed by atoms with Gasteiger partial charge in [-0.3, -0.25) is 4.79 Å². The number of nitrogens with one attached hydrogen (secondary N) is 1. The van der Waals surface area contributed by atoms with Crippen molar-refractivity contribution >= 4 is 23.4 Å². The first-order chi connectivity index (χ1) is 10.2. The molecule has 0 unspecified atom stereocenters. The standard InChI is InChI=1S/C15H14N4OS/c1-11-6-8-17-15(18-11)21-9-7-14(20)19-13-5-3-2-4-12(13)10-16/h2-6,8H,7,9H2,1H3,(H,19,20). The van der Waals surface area contributed by atoms with Gasteiger partial charge in [0.2, 0.25) is 5.91 Å². The lowest BCUT2D eigenvalue weighted by Crippen LogP contribution is -2.13. The number of thioether (sulfide) groups is 1. The molecule has 0 saturated heterocycles. The van der Waals surface area contributed by atoms with Crippen LogP contribution < -0.4 is 5.32 Å². The molecule has 0 radical (unpaired) electrons. The SMILES string of the molecule is Cc1ccnc(SCCC(=O)Nc2ccccc2C#N)n1. The van der Waals surface area contributed by atoms with E-state index >= 15 is 0 Å². The van der Waals surface area contributed by atoms with Crippen molar-refractivity contribution in [2.45, 2.75) is 18.5 Å². The fourth-order valence-electron chi connectivity index (χ4n) is 1.63. The summed E-state index contributed by atoms with van der Waals surface area (Å²) in [5, 5.41) is 12.4. The van der Waals surface area contributed by atoms with E-state index in [0.29, 0.717) is 28.6 Å². The highest BCUT2D eigenvalue weighted by atomic mass is 32.2. The molecule has 6 heteroatoms. The number of hydrogen-bond acceptors (Lipinski definition) is 5. The molecule has 106 valence electrons. The van der Waals surface area contributed by atoms with Gasteiger partial charge in [0.25, 0.3) is 0 Å². The lowest BCUT2D eigenvalue weighted by Gasteiger charge is -2.06. The first-order valence-corrected chi connectivity index (χ1v) is 7.39. The Morgan fingerprint density at radius 3 is 2.95 bits per heavy atom. The Kier molecular flexibility index (Phi) is 5.29. The van der Waals surface area contributed by atoms with E-state index in [4.69, 9.17) is 5.26 Å². The Morgan fingerprint density at radius 1 is 1.38 bits per heavy atom. The minimum atomic E-state index is -0.127. The zero-order valence-electron chi connectivity index (χ0n) is 11.5. The van der Waals surface area contributed by atoms with E-state index in [9.17, 15) is 4.79 Å².